The predicted molar refractivity (Wildman–Crippen MR) is 204 cm³/mol. The number of rotatable bonds is 34. The van der Waals surface area contributed by atoms with Crippen LogP contribution < -0.4 is 10.6 Å². The van der Waals surface area contributed by atoms with Gasteiger partial charge in [0.1, 0.15) is 12.1 Å². The normalized spacial score (nSPS) is 13.0. The van der Waals surface area contributed by atoms with Gasteiger partial charge in [0.2, 0.25) is 11.8 Å². The largest absolute Gasteiger partial charge is 0.480 e. The van der Waals surface area contributed by atoms with Crippen LogP contribution in [0.3, 0.4) is 0 Å². The molecule has 0 aromatic carbocycles. The molecule has 0 aliphatic heterocycles. The molecule has 0 saturated heterocycles. The van der Waals surface area contributed by atoms with Gasteiger partial charge in [-0.05, 0) is 57.4 Å². The lowest BCUT2D eigenvalue weighted by atomic mass is 10.0. The quantitative estimate of drug-likeness (QED) is 0.0298. The van der Waals surface area contributed by atoms with Crippen LogP contribution in [0, 0.1) is 0 Å². The maximum absolute atomic E-state index is 12.7. The van der Waals surface area contributed by atoms with Crippen molar-refractivity contribution >= 4 is 23.8 Å². The maximum atomic E-state index is 12.7. The van der Waals surface area contributed by atoms with Crippen molar-refractivity contribution in [1.29, 1.82) is 0 Å². The van der Waals surface area contributed by atoms with E-state index in [-0.39, 0.29) is 30.9 Å². The second kappa shape index (κ2) is 35.6. The lowest BCUT2D eigenvalue weighted by Gasteiger charge is -2.15. The first kappa shape index (κ1) is 46.8. The Bertz CT molecular complexity index is 989. The predicted octanol–water partition coefficient (Wildman–Crippen LogP) is 8.81. The Balaban J connectivity index is 4.49. The minimum absolute atomic E-state index is 0.162. The second-order valence-electron chi connectivity index (χ2n) is 13.0. The van der Waals surface area contributed by atoms with Crippen LogP contribution in [0.15, 0.2) is 48.6 Å². The van der Waals surface area contributed by atoms with Crippen LogP contribution in [-0.2, 0) is 23.9 Å². The third-order valence-electron chi connectivity index (χ3n) is 8.32. The van der Waals surface area contributed by atoms with Gasteiger partial charge in [-0.2, -0.15) is 0 Å². The van der Waals surface area contributed by atoms with E-state index in [4.69, 9.17) is 14.9 Å². The van der Waals surface area contributed by atoms with Crippen LogP contribution in [0.25, 0.3) is 0 Å². The fourth-order valence-corrected chi connectivity index (χ4v) is 5.33. The van der Waals surface area contributed by atoms with Crippen molar-refractivity contribution in [2.24, 2.45) is 0 Å². The van der Waals surface area contributed by atoms with Crippen LogP contribution in [0.1, 0.15) is 162 Å². The van der Waals surface area contributed by atoms with Crippen LogP contribution in [0.4, 0.5) is 0 Å². The van der Waals surface area contributed by atoms with Gasteiger partial charge in [0.25, 0.3) is 0 Å². The third-order valence-corrected chi connectivity index (χ3v) is 8.32. The number of aliphatic carboxylic acids is 1. The monoisotopic (exact) mass is 703 g/mol. The van der Waals surface area contributed by atoms with Crippen molar-refractivity contribution in [2.75, 3.05) is 13.2 Å². The molecule has 9 nitrogen and oxygen atoms in total. The number of unbranched alkanes of at least 4 members (excludes halogenated alkanes) is 14. The number of hydrogen-bond acceptors (Lipinski definition) is 6. The molecule has 0 radical (unpaired) electrons. The fourth-order valence-electron chi connectivity index (χ4n) is 5.33. The summed E-state index contributed by atoms with van der Waals surface area (Å²) >= 11 is 0. The molecular weight excluding hydrogens is 632 g/mol. The molecule has 0 aliphatic carbocycles. The number of allylic oxidation sites excluding steroid dienone is 7. The highest BCUT2D eigenvalue weighted by atomic mass is 16.5. The number of carbonyl (C=O) groups excluding carboxylic acids is 3. The van der Waals surface area contributed by atoms with Crippen molar-refractivity contribution < 1.29 is 34.1 Å². The van der Waals surface area contributed by atoms with Crippen LogP contribution in [-0.4, -0.2) is 59.3 Å². The number of ether oxygens (including phenoxy) is 1. The molecule has 2 unspecified atom stereocenters. The van der Waals surface area contributed by atoms with E-state index in [1.165, 1.54) is 64.2 Å². The molecule has 0 rings (SSSR count). The van der Waals surface area contributed by atoms with Gasteiger partial charge in [-0.3, -0.25) is 14.4 Å². The summed E-state index contributed by atoms with van der Waals surface area (Å²) in [4.78, 5) is 47.5. The van der Waals surface area contributed by atoms with Gasteiger partial charge in [0.05, 0.1) is 13.2 Å². The highest BCUT2D eigenvalue weighted by Gasteiger charge is 2.18. The van der Waals surface area contributed by atoms with Gasteiger partial charge < -0.3 is 25.6 Å². The van der Waals surface area contributed by atoms with Crippen molar-refractivity contribution in [3.05, 3.63) is 48.6 Å². The molecule has 286 valence electrons. The minimum Gasteiger partial charge on any atom is -0.480 e. The van der Waals surface area contributed by atoms with Gasteiger partial charge in [-0.1, -0.05) is 140 Å². The van der Waals surface area contributed by atoms with E-state index in [1.54, 1.807) is 0 Å². The zero-order chi connectivity index (χ0) is 36.9. The first-order valence-electron chi connectivity index (χ1n) is 19.5. The van der Waals surface area contributed by atoms with Crippen LogP contribution in [0.2, 0.25) is 0 Å². The van der Waals surface area contributed by atoms with Gasteiger partial charge in [0, 0.05) is 12.8 Å². The Kier molecular flexibility index (Phi) is 33.3. The number of amides is 2. The minimum atomic E-state index is -1.40. The van der Waals surface area contributed by atoms with E-state index >= 15 is 0 Å². The van der Waals surface area contributed by atoms with E-state index in [0.717, 1.165) is 57.8 Å². The number of aliphatic hydroxyl groups excluding tert-OH is 1. The molecular formula is C41H70N2O7. The van der Waals surface area contributed by atoms with Crippen LogP contribution in [0.5, 0.6) is 0 Å². The summed E-state index contributed by atoms with van der Waals surface area (Å²) in [5.74, 6) is -2.50. The first-order chi connectivity index (χ1) is 24.3. The Morgan fingerprint density at radius 3 is 1.66 bits per heavy atom. The molecule has 0 fully saturated rings. The molecule has 0 aromatic rings. The van der Waals surface area contributed by atoms with E-state index in [9.17, 15) is 19.2 Å². The van der Waals surface area contributed by atoms with Crippen LogP contribution >= 0.6 is 0 Å². The van der Waals surface area contributed by atoms with Gasteiger partial charge in [-0.15, -0.1) is 0 Å². The molecule has 4 N–H and O–H groups in total. The number of aliphatic hydroxyl groups is 1. The lowest BCUT2D eigenvalue weighted by Crippen LogP contribution is -2.47. The third kappa shape index (κ3) is 32.0. The Morgan fingerprint density at radius 2 is 1.12 bits per heavy atom. The van der Waals surface area contributed by atoms with Crippen molar-refractivity contribution in [1.82, 2.24) is 10.6 Å². The summed E-state index contributed by atoms with van der Waals surface area (Å²) in [6.45, 7) is 3.29. The molecule has 0 aromatic heterocycles. The van der Waals surface area contributed by atoms with E-state index in [0.29, 0.717) is 19.3 Å². The lowest BCUT2D eigenvalue weighted by molar-refractivity contribution is -0.147. The molecule has 2 atom stereocenters. The first-order valence-corrected chi connectivity index (χ1v) is 19.5. The smallest absolute Gasteiger partial charge is 0.328 e. The highest BCUT2D eigenvalue weighted by Crippen LogP contribution is 2.15. The molecule has 0 aliphatic rings. The number of carboxylic acids is 1. The molecule has 0 heterocycles. The molecule has 9 heteroatoms. The van der Waals surface area contributed by atoms with E-state index < -0.39 is 24.5 Å². The second-order valence-corrected chi connectivity index (χ2v) is 13.0. The van der Waals surface area contributed by atoms with Crippen molar-refractivity contribution in [3.63, 3.8) is 0 Å². The average molecular weight is 703 g/mol. The summed E-state index contributed by atoms with van der Waals surface area (Å²) in [6, 6.07) is -1.40. The van der Waals surface area contributed by atoms with Crippen molar-refractivity contribution in [2.45, 2.75) is 174 Å². The zero-order valence-corrected chi connectivity index (χ0v) is 31.4. The average Bonchev–Trinajstić information content (AvgIpc) is 3.10. The standard InChI is InChI=1S/C41H70N2O7/c1-3-5-7-9-11-13-15-16-18-20-22-24-29-33-40(47)50-36(30-26-23-21-19-17-14-12-10-8-6-4-2)31-27-25-28-32-38(45)42-34-39(46)43-37(35-44)41(48)49/h6,8,12,14,19,21,26,30,36-37,44H,3-5,7,9-11,13,15-18,20,22-25,27-29,31-35H2,1-2H3,(H,42,45)(H,43,46)(H,48,49)/b8-6-,14-12-,21-19-,30-26-. The highest BCUT2D eigenvalue weighted by molar-refractivity contribution is 5.87. The summed E-state index contributed by atoms with van der Waals surface area (Å²) in [5.41, 5.74) is 0. The Hall–Kier alpha value is -3.20. The van der Waals surface area contributed by atoms with Gasteiger partial charge >= 0.3 is 11.9 Å². The van der Waals surface area contributed by atoms with Crippen molar-refractivity contribution in [3.8, 4) is 0 Å². The molecule has 0 spiro atoms. The Labute approximate surface area is 303 Å². The van der Waals surface area contributed by atoms with E-state index in [2.05, 4.69) is 60.9 Å². The Morgan fingerprint density at radius 1 is 0.620 bits per heavy atom. The molecule has 0 saturated carbocycles. The number of esters is 1. The van der Waals surface area contributed by atoms with Gasteiger partial charge in [-0.25, -0.2) is 4.79 Å². The summed E-state index contributed by atoms with van der Waals surface area (Å²) < 4.78 is 5.85. The summed E-state index contributed by atoms with van der Waals surface area (Å²) in [6.07, 6.45) is 40.1. The zero-order valence-electron chi connectivity index (χ0n) is 31.4. The summed E-state index contributed by atoms with van der Waals surface area (Å²) in [7, 11) is 0. The number of hydrogen-bond donors (Lipinski definition) is 4. The topological polar surface area (TPSA) is 142 Å². The summed E-state index contributed by atoms with van der Waals surface area (Å²) in [5, 5.41) is 22.5. The van der Waals surface area contributed by atoms with E-state index in [1.807, 2.05) is 12.2 Å². The SMILES string of the molecule is CC/C=C\C/C=C\C/C=C\C/C=C\C(CCCCCC(=O)NCC(=O)NC(CO)C(=O)O)OC(=O)CCCCCCCCCCCCCCC. The molecule has 2 amide bonds. The maximum Gasteiger partial charge on any atom is 0.328 e. The molecule has 0 bridgehead atoms. The fraction of sp³-hybridized carbons (Fsp3) is 0.707. The number of nitrogens with one attached hydrogen (secondary N) is 2. The van der Waals surface area contributed by atoms with Gasteiger partial charge in [0.15, 0.2) is 0 Å². The molecule has 50 heavy (non-hydrogen) atoms. The number of carboxylic acid groups (broad SMARTS) is 1. The number of carbonyl (C=O) groups is 4.